The zero-order valence-corrected chi connectivity index (χ0v) is 41.4. The minimum Gasteiger partial charge on any atom is -0.478 e. The molecule has 0 aromatic heterocycles. The molecule has 0 N–H and O–H groups in total. The number of hydrogen-bond acceptors (Lipinski definition) is 7. The first-order chi connectivity index (χ1) is 33.6. The van der Waals surface area contributed by atoms with Crippen molar-refractivity contribution >= 4 is 5.69 Å². The Bertz CT molecular complexity index is 2830. The second-order valence-corrected chi connectivity index (χ2v) is 20.2. The maximum atomic E-state index is 6.68. The van der Waals surface area contributed by atoms with Crippen molar-refractivity contribution in [2.45, 2.75) is 110 Å². The molecule has 0 fully saturated rings. The molecule has 69 heavy (non-hydrogen) atoms. The smallest absolute Gasteiger partial charge is 0.228 e. The lowest BCUT2D eigenvalue weighted by molar-refractivity contribution is -0.00603. The molecule has 4 aliphatic rings. The van der Waals surface area contributed by atoms with Gasteiger partial charge in [0.05, 0.1) is 12.1 Å². The number of benzene rings is 6. The Morgan fingerprint density at radius 1 is 0.623 bits per heavy atom. The maximum absolute atomic E-state index is 6.68. The summed E-state index contributed by atoms with van der Waals surface area (Å²) in [6.45, 7) is 21.9. The highest BCUT2D eigenvalue weighted by Crippen LogP contribution is 2.44. The Hall–Kier alpha value is -6.12. The molecule has 0 spiro atoms. The van der Waals surface area contributed by atoms with Crippen molar-refractivity contribution in [1.82, 2.24) is 19.2 Å². The molecule has 10 rings (SSSR count). The molecular formula is C61H69N4O4+. The Kier molecular flexibility index (Phi) is 13.3. The molecule has 8 nitrogen and oxygen atoms in total. The van der Waals surface area contributed by atoms with Crippen molar-refractivity contribution in [2.24, 2.45) is 0 Å². The molecule has 6 aromatic carbocycles. The van der Waals surface area contributed by atoms with E-state index in [2.05, 4.69) is 201 Å². The number of nitrogens with zero attached hydrogens (tertiary/aromatic N) is 4. The molecular weight excluding hydrogens is 853 g/mol. The predicted octanol–water partition coefficient (Wildman–Crippen LogP) is 13.1. The quantitative estimate of drug-likeness (QED) is 0.0751. The van der Waals surface area contributed by atoms with Crippen LogP contribution in [0.15, 0.2) is 152 Å². The lowest BCUT2D eigenvalue weighted by Gasteiger charge is -2.45. The highest BCUT2D eigenvalue weighted by atomic mass is 16.5. The average Bonchev–Trinajstić information content (AvgIpc) is 3.38. The fraction of sp³-hybridized carbons (Fsp3) is 0.361. The van der Waals surface area contributed by atoms with Gasteiger partial charge in [-0.15, -0.1) is 5.73 Å². The molecule has 0 saturated heterocycles. The Morgan fingerprint density at radius 3 is 1.93 bits per heavy atom. The molecule has 4 atom stereocenters. The van der Waals surface area contributed by atoms with Gasteiger partial charge in [-0.2, -0.15) is 0 Å². The normalized spacial score (nSPS) is 20.1. The first-order valence-electron chi connectivity index (χ1n) is 25.2. The van der Waals surface area contributed by atoms with Gasteiger partial charge in [0.15, 0.2) is 0 Å². The average molecular weight is 922 g/mol. The van der Waals surface area contributed by atoms with Gasteiger partial charge in [0.1, 0.15) is 55.4 Å². The van der Waals surface area contributed by atoms with Crippen LogP contribution in [-0.2, 0) is 43.7 Å². The van der Waals surface area contributed by atoms with E-state index in [9.17, 15) is 0 Å². The highest BCUT2D eigenvalue weighted by molar-refractivity contribution is 5.54. The molecule has 0 radical (unpaired) electrons. The van der Waals surface area contributed by atoms with E-state index in [1.54, 1.807) is 0 Å². The van der Waals surface area contributed by atoms with E-state index in [-0.39, 0.29) is 5.54 Å². The van der Waals surface area contributed by atoms with Gasteiger partial charge >= 0.3 is 0 Å². The monoisotopic (exact) mass is 922 g/mol. The number of ether oxygens (including phenoxy) is 4. The van der Waals surface area contributed by atoms with E-state index in [1.165, 1.54) is 55.8 Å². The molecule has 356 valence electrons. The van der Waals surface area contributed by atoms with Gasteiger partial charge in [0.25, 0.3) is 0 Å². The number of fused-ring (bicyclic) bond motifs is 4. The summed E-state index contributed by atoms with van der Waals surface area (Å²) in [5, 5.41) is 0. The van der Waals surface area contributed by atoms with Crippen LogP contribution < -0.4 is 23.4 Å². The highest BCUT2D eigenvalue weighted by Gasteiger charge is 2.40. The van der Waals surface area contributed by atoms with Crippen LogP contribution in [0.25, 0.3) is 0 Å². The Morgan fingerprint density at radius 2 is 1.23 bits per heavy atom. The van der Waals surface area contributed by atoms with Gasteiger partial charge in [0.2, 0.25) is 6.73 Å². The molecule has 0 aliphatic carbocycles. The Balaban J connectivity index is 0.861. The third kappa shape index (κ3) is 9.13. The fourth-order valence-electron chi connectivity index (χ4n) is 11.7. The van der Waals surface area contributed by atoms with Gasteiger partial charge in [-0.05, 0) is 110 Å². The van der Waals surface area contributed by atoms with Gasteiger partial charge in [-0.1, -0.05) is 119 Å². The van der Waals surface area contributed by atoms with Crippen molar-refractivity contribution < 1.29 is 18.9 Å². The van der Waals surface area contributed by atoms with E-state index in [0.29, 0.717) is 33.0 Å². The molecule has 0 bridgehead atoms. The molecule has 4 heterocycles. The van der Waals surface area contributed by atoms with Crippen LogP contribution in [0.5, 0.6) is 23.0 Å². The summed E-state index contributed by atoms with van der Waals surface area (Å²) in [7, 11) is 0. The number of quaternary nitrogens is 1. The minimum atomic E-state index is -0.416. The van der Waals surface area contributed by atoms with Gasteiger partial charge in [0, 0.05) is 65.6 Å². The lowest BCUT2D eigenvalue weighted by Crippen LogP contribution is -2.54. The molecule has 4 aliphatic heterocycles. The standard InChI is InChI=1S/C61H69N4O4/c1-7-29-60(5,52-19-15-12-16-20-52)63-39-49-35-53(23-27-57(49)68-42-63)61(6,30-8-2)64-38-48-33-45(21-25-56(48)67-43-64)32-46-22-26-59-51(34-46)40-65(31-9-3,44-69-59)54-24-28-58-50(36-54)37-62(41-66-58)55(10-4)47-17-13-11-14-18-47/h11-29,33-36,55H,1,8-10,30-32,37-44H2,2-6H3/q+1. The van der Waals surface area contributed by atoms with E-state index < -0.39 is 5.54 Å². The molecule has 6 aromatic rings. The van der Waals surface area contributed by atoms with Crippen molar-refractivity contribution in [1.29, 1.82) is 0 Å². The van der Waals surface area contributed by atoms with Crippen molar-refractivity contribution in [3.8, 4) is 23.0 Å². The van der Waals surface area contributed by atoms with Crippen molar-refractivity contribution in [2.75, 3.05) is 33.5 Å². The van der Waals surface area contributed by atoms with Crippen LogP contribution in [0, 0.1) is 0 Å². The predicted molar refractivity (Wildman–Crippen MR) is 277 cm³/mol. The summed E-state index contributed by atoms with van der Waals surface area (Å²) in [5.41, 5.74) is 15.0. The summed E-state index contributed by atoms with van der Waals surface area (Å²) in [5.74, 6) is 3.91. The molecule has 8 heteroatoms. The largest absolute Gasteiger partial charge is 0.478 e. The SMILES string of the molecule is C=C=CC(C)(c1ccccc1)N1COc2ccc(C(C)(CCC)N3COc4ccc(Cc5ccc6c(c5)C[N+](CCC)(c5ccc7c(c5)CN(C(CC)c5ccccc5)CO7)CO6)cc4C3)cc2C1. The van der Waals surface area contributed by atoms with Crippen LogP contribution in [-0.4, -0.2) is 48.2 Å². The summed E-state index contributed by atoms with van der Waals surface area (Å²) >= 11 is 0. The maximum Gasteiger partial charge on any atom is 0.228 e. The van der Waals surface area contributed by atoms with Gasteiger partial charge < -0.3 is 18.9 Å². The van der Waals surface area contributed by atoms with Crippen LogP contribution in [0.2, 0.25) is 0 Å². The van der Waals surface area contributed by atoms with Crippen LogP contribution >= 0.6 is 0 Å². The molecule has 4 unspecified atom stereocenters. The molecule has 0 saturated carbocycles. The zero-order valence-electron chi connectivity index (χ0n) is 41.4. The van der Waals surface area contributed by atoms with E-state index in [1.807, 2.05) is 0 Å². The third-order valence-corrected chi connectivity index (χ3v) is 15.6. The molecule has 0 amide bonds. The van der Waals surface area contributed by atoms with E-state index >= 15 is 0 Å². The second-order valence-electron chi connectivity index (χ2n) is 20.2. The third-order valence-electron chi connectivity index (χ3n) is 15.6. The zero-order chi connectivity index (χ0) is 47.6. The Labute approximate surface area is 410 Å². The van der Waals surface area contributed by atoms with Crippen LogP contribution in [0.1, 0.15) is 116 Å². The van der Waals surface area contributed by atoms with Crippen molar-refractivity contribution in [3.05, 3.63) is 202 Å². The van der Waals surface area contributed by atoms with Crippen LogP contribution in [0.4, 0.5) is 5.69 Å². The second kappa shape index (κ2) is 19.7. The first kappa shape index (κ1) is 46.6. The summed E-state index contributed by atoms with van der Waals surface area (Å²) < 4.78 is 26.9. The fourth-order valence-corrected chi connectivity index (χ4v) is 11.7. The lowest BCUT2D eigenvalue weighted by atomic mass is 9.83. The number of hydrogen-bond donors (Lipinski definition) is 0. The first-order valence-corrected chi connectivity index (χ1v) is 25.2. The van der Waals surface area contributed by atoms with Gasteiger partial charge in [-0.3, -0.25) is 19.2 Å². The summed E-state index contributed by atoms with van der Waals surface area (Å²) in [6, 6.07) is 49.1. The topological polar surface area (TPSA) is 46.6 Å². The van der Waals surface area contributed by atoms with Gasteiger partial charge in [-0.25, -0.2) is 0 Å². The van der Waals surface area contributed by atoms with Crippen molar-refractivity contribution in [3.63, 3.8) is 0 Å². The summed E-state index contributed by atoms with van der Waals surface area (Å²) in [6.07, 6.45) is 7.01. The van der Waals surface area contributed by atoms with E-state index in [4.69, 9.17) is 18.9 Å². The van der Waals surface area contributed by atoms with Crippen LogP contribution in [0.3, 0.4) is 0 Å². The summed E-state index contributed by atoms with van der Waals surface area (Å²) in [4.78, 5) is 7.36. The van der Waals surface area contributed by atoms with E-state index in [0.717, 1.165) is 92.3 Å². The number of rotatable bonds is 15. The minimum absolute atomic E-state index is 0.254.